The minimum Gasteiger partial charge on any atom is -0.467 e. The Morgan fingerprint density at radius 2 is 1.91 bits per heavy atom. The predicted molar refractivity (Wildman–Crippen MR) is 78.6 cm³/mol. The quantitative estimate of drug-likeness (QED) is 0.815. The fourth-order valence-corrected chi connectivity index (χ4v) is 2.34. The first-order valence-electron chi connectivity index (χ1n) is 7.18. The van der Waals surface area contributed by atoms with E-state index in [0.29, 0.717) is 12.8 Å². The topological polar surface area (TPSA) is 55.4 Å². The number of benzene rings is 1. The Morgan fingerprint density at radius 3 is 2.43 bits per heavy atom. The molecule has 0 spiro atoms. The average molecular weight is 331 g/mol. The lowest BCUT2D eigenvalue weighted by molar-refractivity contribution is -0.150. The first-order chi connectivity index (χ1) is 10.6. The van der Waals surface area contributed by atoms with Crippen LogP contribution < -0.4 is 5.32 Å². The zero-order chi connectivity index (χ0) is 17.7. The maximum atomic E-state index is 12.7. The van der Waals surface area contributed by atoms with Gasteiger partial charge >= 0.3 is 12.1 Å². The van der Waals surface area contributed by atoms with Gasteiger partial charge in [-0.3, -0.25) is 4.79 Å². The highest BCUT2D eigenvalue weighted by Gasteiger charge is 2.35. The molecule has 0 saturated carbocycles. The van der Waals surface area contributed by atoms with Crippen LogP contribution in [-0.4, -0.2) is 24.5 Å². The third-order valence-corrected chi connectivity index (χ3v) is 3.42. The van der Waals surface area contributed by atoms with Crippen molar-refractivity contribution in [1.82, 2.24) is 5.32 Å². The van der Waals surface area contributed by atoms with Crippen molar-refractivity contribution in [3.8, 4) is 0 Å². The Bertz CT molecular complexity index is 572. The normalized spacial score (nSPS) is 14.0. The second kappa shape index (κ2) is 7.48. The van der Waals surface area contributed by atoms with Gasteiger partial charge in [-0.2, -0.15) is 13.2 Å². The van der Waals surface area contributed by atoms with E-state index in [2.05, 4.69) is 10.1 Å². The van der Waals surface area contributed by atoms with Gasteiger partial charge in [0.15, 0.2) is 0 Å². The van der Waals surface area contributed by atoms with Gasteiger partial charge in [0.05, 0.1) is 19.1 Å². The van der Waals surface area contributed by atoms with Gasteiger partial charge in [-0.1, -0.05) is 31.5 Å². The highest BCUT2D eigenvalue weighted by Crippen LogP contribution is 2.29. The molecular weight excluding hydrogens is 311 g/mol. The van der Waals surface area contributed by atoms with Crippen LogP contribution in [0, 0.1) is 0 Å². The van der Waals surface area contributed by atoms with Crippen LogP contribution in [0.25, 0.3) is 0 Å². The number of nitrogens with one attached hydrogen (secondary N) is 1. The molecule has 0 bridgehead atoms. The largest absolute Gasteiger partial charge is 0.467 e. The Hall–Kier alpha value is -2.05. The van der Waals surface area contributed by atoms with Gasteiger partial charge in [0, 0.05) is 0 Å². The van der Waals surface area contributed by atoms with E-state index in [4.69, 9.17) is 0 Å². The molecule has 0 radical (unpaired) electrons. The summed E-state index contributed by atoms with van der Waals surface area (Å²) in [4.78, 5) is 23.9. The monoisotopic (exact) mass is 331 g/mol. The minimum absolute atomic E-state index is 0.223. The zero-order valence-electron chi connectivity index (χ0n) is 13.3. The molecule has 0 aliphatic heterocycles. The second-order valence-electron chi connectivity index (χ2n) is 5.50. The first kappa shape index (κ1) is 19.0. The summed E-state index contributed by atoms with van der Waals surface area (Å²) >= 11 is 0. The van der Waals surface area contributed by atoms with Gasteiger partial charge in [-0.05, 0) is 25.0 Å². The lowest BCUT2D eigenvalue weighted by Gasteiger charge is -2.27. The van der Waals surface area contributed by atoms with Crippen molar-refractivity contribution in [2.24, 2.45) is 0 Å². The number of amides is 1. The maximum Gasteiger partial charge on any atom is 0.416 e. The van der Waals surface area contributed by atoms with Crippen LogP contribution in [-0.2, 0) is 26.9 Å². The highest BCUT2D eigenvalue weighted by atomic mass is 19.4. The molecule has 128 valence electrons. The van der Waals surface area contributed by atoms with Crippen molar-refractivity contribution in [3.05, 3.63) is 35.4 Å². The fourth-order valence-electron chi connectivity index (χ4n) is 2.34. The Labute approximate surface area is 133 Å². The van der Waals surface area contributed by atoms with Crippen LogP contribution in [0.5, 0.6) is 0 Å². The molecule has 1 atom stereocenters. The third kappa shape index (κ3) is 5.26. The number of alkyl halides is 3. The zero-order valence-corrected chi connectivity index (χ0v) is 13.3. The van der Waals surface area contributed by atoms with Crippen LogP contribution in [0.4, 0.5) is 13.2 Å². The molecule has 0 saturated heterocycles. The Balaban J connectivity index is 2.85. The standard InChI is InChI=1S/C16H20F3NO3/c1-4-8-15(2,14(22)23-3)20-13(21)10-11-6-5-7-12(9-11)16(17,18)19/h5-7,9H,4,8,10H2,1-3H3,(H,20,21). The number of rotatable bonds is 6. The second-order valence-corrected chi connectivity index (χ2v) is 5.50. The number of methoxy groups -OCH3 is 1. The summed E-state index contributed by atoms with van der Waals surface area (Å²) in [5.74, 6) is -1.12. The van der Waals surface area contributed by atoms with Crippen LogP contribution in [0.2, 0.25) is 0 Å². The SMILES string of the molecule is CCCC(C)(NC(=O)Cc1cccc(C(F)(F)F)c1)C(=O)OC. The molecule has 1 aromatic carbocycles. The molecular formula is C16H20F3NO3. The van der Waals surface area contributed by atoms with E-state index in [9.17, 15) is 22.8 Å². The molecule has 4 nitrogen and oxygen atoms in total. The fraction of sp³-hybridized carbons (Fsp3) is 0.500. The number of carbonyl (C=O) groups is 2. The van der Waals surface area contributed by atoms with E-state index in [1.807, 2.05) is 6.92 Å². The van der Waals surface area contributed by atoms with Gasteiger partial charge in [0.25, 0.3) is 0 Å². The van der Waals surface area contributed by atoms with Gasteiger partial charge in [0.1, 0.15) is 5.54 Å². The van der Waals surface area contributed by atoms with Crippen molar-refractivity contribution in [2.45, 2.75) is 44.8 Å². The summed E-state index contributed by atoms with van der Waals surface area (Å²) in [6.45, 7) is 3.38. The van der Waals surface area contributed by atoms with E-state index in [1.165, 1.54) is 26.2 Å². The molecule has 1 unspecified atom stereocenters. The van der Waals surface area contributed by atoms with Crippen LogP contribution in [0.15, 0.2) is 24.3 Å². The first-order valence-corrected chi connectivity index (χ1v) is 7.18. The van der Waals surface area contributed by atoms with E-state index >= 15 is 0 Å². The molecule has 1 rings (SSSR count). The van der Waals surface area contributed by atoms with E-state index in [0.717, 1.165) is 12.1 Å². The van der Waals surface area contributed by atoms with Gasteiger partial charge in [-0.15, -0.1) is 0 Å². The van der Waals surface area contributed by atoms with Gasteiger partial charge in [0.2, 0.25) is 5.91 Å². The number of carbonyl (C=O) groups excluding carboxylic acids is 2. The summed E-state index contributed by atoms with van der Waals surface area (Å²) < 4.78 is 42.7. The maximum absolute atomic E-state index is 12.7. The summed E-state index contributed by atoms with van der Waals surface area (Å²) in [7, 11) is 1.22. The smallest absolute Gasteiger partial charge is 0.416 e. The molecule has 0 fully saturated rings. The summed E-state index contributed by atoms with van der Waals surface area (Å²) in [5.41, 5.74) is -1.78. The lowest BCUT2D eigenvalue weighted by atomic mass is 9.95. The number of hydrogen-bond donors (Lipinski definition) is 1. The third-order valence-electron chi connectivity index (χ3n) is 3.42. The van der Waals surface area contributed by atoms with E-state index in [1.54, 1.807) is 0 Å². The summed E-state index contributed by atoms with van der Waals surface area (Å²) in [6.07, 6.45) is -3.71. The Kier molecular flexibility index (Phi) is 6.18. The molecule has 1 amide bonds. The number of hydrogen-bond acceptors (Lipinski definition) is 3. The van der Waals surface area contributed by atoms with Crippen LogP contribution in [0.3, 0.4) is 0 Å². The Morgan fingerprint density at radius 1 is 1.26 bits per heavy atom. The van der Waals surface area contributed by atoms with Gasteiger partial charge < -0.3 is 10.1 Å². The molecule has 7 heteroatoms. The van der Waals surface area contributed by atoms with E-state index in [-0.39, 0.29) is 12.0 Å². The van der Waals surface area contributed by atoms with Crippen molar-refractivity contribution < 1.29 is 27.5 Å². The molecule has 0 aliphatic carbocycles. The van der Waals surface area contributed by atoms with Crippen molar-refractivity contribution >= 4 is 11.9 Å². The number of ether oxygens (including phenoxy) is 1. The van der Waals surface area contributed by atoms with Crippen molar-refractivity contribution in [1.29, 1.82) is 0 Å². The number of halogens is 3. The minimum atomic E-state index is -4.46. The van der Waals surface area contributed by atoms with Crippen LogP contribution >= 0.6 is 0 Å². The molecule has 0 aromatic heterocycles. The van der Waals surface area contributed by atoms with Crippen LogP contribution in [0.1, 0.15) is 37.8 Å². The van der Waals surface area contributed by atoms with Crippen molar-refractivity contribution in [2.75, 3.05) is 7.11 Å². The summed E-state index contributed by atoms with van der Waals surface area (Å²) in [5, 5.41) is 2.56. The molecule has 1 N–H and O–H groups in total. The predicted octanol–water partition coefficient (Wildman–Crippen LogP) is 3.10. The molecule has 1 aromatic rings. The van der Waals surface area contributed by atoms with E-state index < -0.39 is 29.2 Å². The molecule has 0 aliphatic rings. The molecule has 23 heavy (non-hydrogen) atoms. The lowest BCUT2D eigenvalue weighted by Crippen LogP contribution is -2.53. The van der Waals surface area contributed by atoms with Crippen molar-refractivity contribution in [3.63, 3.8) is 0 Å². The molecule has 0 heterocycles. The number of esters is 1. The average Bonchev–Trinajstić information content (AvgIpc) is 2.45. The summed E-state index contributed by atoms with van der Waals surface area (Å²) in [6, 6.07) is 4.55. The van der Waals surface area contributed by atoms with Gasteiger partial charge in [-0.25, -0.2) is 4.79 Å². The highest BCUT2D eigenvalue weighted by molar-refractivity contribution is 5.88.